The first-order chi connectivity index (χ1) is 13.6. The standard InChI is InChI=1S/C21H25ClN2O3S/c1-4-26-18-9-7-15(19(13-18)27-5-2)14-23-24-21(25)12-16-11-17(22)8-10-20(16)28-6-3/h7-11,13-14H,4-6,12H2,1-3H3,(H,24,25)/b23-14-. The lowest BCUT2D eigenvalue weighted by atomic mass is 10.1. The SMILES string of the molecule is CCOc1ccc(/C=N\NC(=O)Cc2cc(Cl)ccc2SCC)c(OCC)c1. The molecule has 0 unspecified atom stereocenters. The van der Waals surface area contributed by atoms with Crippen molar-refractivity contribution in [2.75, 3.05) is 19.0 Å². The Balaban J connectivity index is 2.04. The molecule has 0 aliphatic carbocycles. The van der Waals surface area contributed by atoms with Gasteiger partial charge in [0, 0.05) is 21.5 Å². The van der Waals surface area contributed by atoms with Crippen molar-refractivity contribution in [3.05, 3.63) is 52.5 Å². The van der Waals surface area contributed by atoms with Crippen molar-refractivity contribution in [3.8, 4) is 11.5 Å². The average Bonchev–Trinajstić information content (AvgIpc) is 2.66. The molecular weight excluding hydrogens is 396 g/mol. The van der Waals surface area contributed by atoms with Gasteiger partial charge in [-0.25, -0.2) is 5.43 Å². The molecule has 2 aromatic carbocycles. The molecule has 0 aliphatic rings. The summed E-state index contributed by atoms with van der Waals surface area (Å²) in [6.45, 7) is 7.01. The molecule has 0 saturated carbocycles. The third-order valence-electron chi connectivity index (χ3n) is 3.66. The monoisotopic (exact) mass is 420 g/mol. The van der Waals surface area contributed by atoms with Crippen LogP contribution < -0.4 is 14.9 Å². The molecular formula is C21H25ClN2O3S. The van der Waals surface area contributed by atoms with E-state index >= 15 is 0 Å². The van der Waals surface area contributed by atoms with Gasteiger partial charge in [0.15, 0.2) is 0 Å². The van der Waals surface area contributed by atoms with Crippen molar-refractivity contribution in [3.63, 3.8) is 0 Å². The highest BCUT2D eigenvalue weighted by Crippen LogP contribution is 2.26. The summed E-state index contributed by atoms with van der Waals surface area (Å²) < 4.78 is 11.1. The zero-order valence-corrected chi connectivity index (χ0v) is 17.9. The Morgan fingerprint density at radius 2 is 1.93 bits per heavy atom. The normalized spacial score (nSPS) is 10.9. The smallest absolute Gasteiger partial charge is 0.244 e. The molecule has 0 spiro atoms. The van der Waals surface area contributed by atoms with E-state index in [-0.39, 0.29) is 12.3 Å². The van der Waals surface area contributed by atoms with Gasteiger partial charge in [0.05, 0.1) is 25.8 Å². The minimum Gasteiger partial charge on any atom is -0.494 e. The number of ether oxygens (including phenoxy) is 2. The summed E-state index contributed by atoms with van der Waals surface area (Å²) in [5, 5.41) is 4.68. The van der Waals surface area contributed by atoms with Crippen LogP contribution in [-0.2, 0) is 11.2 Å². The van der Waals surface area contributed by atoms with E-state index in [2.05, 4.69) is 17.5 Å². The molecule has 2 rings (SSSR count). The van der Waals surface area contributed by atoms with Crippen molar-refractivity contribution in [2.45, 2.75) is 32.1 Å². The Bertz CT molecular complexity index is 827. The van der Waals surface area contributed by atoms with E-state index in [1.807, 2.05) is 50.2 Å². The topological polar surface area (TPSA) is 59.9 Å². The largest absolute Gasteiger partial charge is 0.494 e. The summed E-state index contributed by atoms with van der Waals surface area (Å²) in [5.41, 5.74) is 4.22. The lowest BCUT2D eigenvalue weighted by molar-refractivity contribution is -0.120. The van der Waals surface area contributed by atoms with Crippen molar-refractivity contribution in [2.24, 2.45) is 5.10 Å². The first kappa shape index (κ1) is 22.1. The highest BCUT2D eigenvalue weighted by molar-refractivity contribution is 7.99. The number of benzene rings is 2. The van der Waals surface area contributed by atoms with E-state index < -0.39 is 0 Å². The van der Waals surface area contributed by atoms with E-state index in [1.54, 1.807) is 18.0 Å². The Morgan fingerprint density at radius 1 is 1.14 bits per heavy atom. The molecule has 150 valence electrons. The second-order valence-electron chi connectivity index (χ2n) is 5.72. The maximum atomic E-state index is 12.3. The molecule has 2 aromatic rings. The van der Waals surface area contributed by atoms with E-state index in [9.17, 15) is 4.79 Å². The zero-order chi connectivity index (χ0) is 20.4. The molecule has 0 heterocycles. The number of nitrogens with zero attached hydrogens (tertiary/aromatic N) is 1. The van der Waals surface area contributed by atoms with Gasteiger partial charge in [-0.05, 0) is 55.5 Å². The summed E-state index contributed by atoms with van der Waals surface area (Å²) >= 11 is 7.75. The molecule has 0 aromatic heterocycles. The van der Waals surface area contributed by atoms with Crippen LogP contribution in [0.1, 0.15) is 31.9 Å². The minimum absolute atomic E-state index is 0.208. The number of hydrazone groups is 1. The van der Waals surface area contributed by atoms with Gasteiger partial charge in [-0.15, -0.1) is 11.8 Å². The van der Waals surface area contributed by atoms with Gasteiger partial charge in [-0.1, -0.05) is 18.5 Å². The molecule has 0 fully saturated rings. The fourth-order valence-electron chi connectivity index (χ4n) is 2.53. The summed E-state index contributed by atoms with van der Waals surface area (Å²) in [6.07, 6.45) is 1.78. The van der Waals surface area contributed by atoms with Gasteiger partial charge in [-0.2, -0.15) is 5.10 Å². The maximum absolute atomic E-state index is 12.3. The van der Waals surface area contributed by atoms with Crippen LogP contribution in [-0.4, -0.2) is 31.1 Å². The van der Waals surface area contributed by atoms with E-state index in [0.29, 0.717) is 24.0 Å². The van der Waals surface area contributed by atoms with Gasteiger partial charge in [0.2, 0.25) is 5.91 Å². The number of thioether (sulfide) groups is 1. The quantitative estimate of drug-likeness (QED) is 0.336. The number of rotatable bonds is 10. The minimum atomic E-state index is -0.208. The molecule has 28 heavy (non-hydrogen) atoms. The van der Waals surface area contributed by atoms with Gasteiger partial charge in [0.25, 0.3) is 0 Å². The van der Waals surface area contributed by atoms with Crippen LogP contribution >= 0.6 is 23.4 Å². The van der Waals surface area contributed by atoms with Crippen LogP contribution in [0.4, 0.5) is 0 Å². The van der Waals surface area contributed by atoms with Gasteiger partial charge >= 0.3 is 0 Å². The van der Waals surface area contributed by atoms with Crippen LogP contribution in [0.2, 0.25) is 5.02 Å². The van der Waals surface area contributed by atoms with Crippen LogP contribution in [0.3, 0.4) is 0 Å². The van der Waals surface area contributed by atoms with Crippen molar-refractivity contribution in [1.82, 2.24) is 5.43 Å². The maximum Gasteiger partial charge on any atom is 0.244 e. The van der Waals surface area contributed by atoms with Crippen LogP contribution in [0.5, 0.6) is 11.5 Å². The number of carbonyl (C=O) groups is 1. The highest BCUT2D eigenvalue weighted by Gasteiger charge is 2.09. The fraction of sp³-hybridized carbons (Fsp3) is 0.333. The third-order valence-corrected chi connectivity index (χ3v) is 4.90. The Kier molecular flexibility index (Phi) is 9.17. The van der Waals surface area contributed by atoms with Gasteiger partial charge in [0.1, 0.15) is 11.5 Å². The van der Waals surface area contributed by atoms with Crippen LogP contribution in [0.25, 0.3) is 0 Å². The average molecular weight is 421 g/mol. The summed E-state index contributed by atoms with van der Waals surface area (Å²) in [7, 11) is 0. The molecule has 0 atom stereocenters. The zero-order valence-electron chi connectivity index (χ0n) is 16.3. The number of carbonyl (C=O) groups excluding carboxylic acids is 1. The number of amides is 1. The molecule has 1 N–H and O–H groups in total. The molecule has 1 amide bonds. The van der Waals surface area contributed by atoms with Gasteiger partial charge < -0.3 is 9.47 Å². The number of nitrogens with one attached hydrogen (secondary N) is 1. The lowest BCUT2D eigenvalue weighted by Crippen LogP contribution is -2.20. The summed E-state index contributed by atoms with van der Waals surface area (Å²) in [4.78, 5) is 13.3. The Hall–Kier alpha value is -2.18. The summed E-state index contributed by atoms with van der Waals surface area (Å²) in [6, 6.07) is 11.1. The lowest BCUT2D eigenvalue weighted by Gasteiger charge is -2.10. The van der Waals surface area contributed by atoms with E-state index in [1.165, 1.54) is 0 Å². The Morgan fingerprint density at radius 3 is 2.64 bits per heavy atom. The molecule has 0 saturated heterocycles. The molecule has 0 bridgehead atoms. The van der Waals surface area contributed by atoms with E-state index in [4.69, 9.17) is 21.1 Å². The van der Waals surface area contributed by atoms with Crippen LogP contribution in [0, 0.1) is 0 Å². The molecule has 0 radical (unpaired) electrons. The first-order valence-corrected chi connectivity index (χ1v) is 10.6. The highest BCUT2D eigenvalue weighted by atomic mass is 35.5. The van der Waals surface area contributed by atoms with Gasteiger partial charge in [-0.3, -0.25) is 4.79 Å². The predicted octanol–water partition coefficient (Wildman–Crippen LogP) is 4.94. The van der Waals surface area contributed by atoms with Crippen molar-refractivity contribution < 1.29 is 14.3 Å². The fourth-order valence-corrected chi connectivity index (χ4v) is 3.51. The number of hydrogen-bond acceptors (Lipinski definition) is 5. The molecule has 0 aliphatic heterocycles. The molecule has 7 heteroatoms. The Labute approximate surface area is 175 Å². The second kappa shape index (κ2) is 11.6. The third kappa shape index (κ3) is 6.77. The van der Waals surface area contributed by atoms with Crippen molar-refractivity contribution in [1.29, 1.82) is 0 Å². The molecule has 5 nitrogen and oxygen atoms in total. The van der Waals surface area contributed by atoms with Crippen LogP contribution in [0.15, 0.2) is 46.4 Å². The number of hydrogen-bond donors (Lipinski definition) is 1. The van der Waals surface area contributed by atoms with Crippen molar-refractivity contribution >= 4 is 35.5 Å². The first-order valence-electron chi connectivity index (χ1n) is 9.20. The number of halogens is 1. The van der Waals surface area contributed by atoms with E-state index in [0.717, 1.165) is 27.5 Å². The summed E-state index contributed by atoms with van der Waals surface area (Å²) in [5.74, 6) is 2.10. The second-order valence-corrected chi connectivity index (χ2v) is 7.46. The predicted molar refractivity (Wildman–Crippen MR) is 116 cm³/mol.